The molecule has 0 radical (unpaired) electrons. The van der Waals surface area contributed by atoms with Crippen LogP contribution in [-0.2, 0) is 11.3 Å². The Balaban J connectivity index is 1.45. The Morgan fingerprint density at radius 1 is 1.08 bits per heavy atom. The van der Waals surface area contributed by atoms with Crippen LogP contribution in [0, 0.1) is 0 Å². The van der Waals surface area contributed by atoms with Crippen LogP contribution in [0.3, 0.4) is 0 Å². The van der Waals surface area contributed by atoms with Crippen molar-refractivity contribution in [1.82, 2.24) is 4.90 Å². The lowest BCUT2D eigenvalue weighted by Crippen LogP contribution is -2.44. The minimum atomic E-state index is -0.603. The first-order chi connectivity index (χ1) is 12.7. The van der Waals surface area contributed by atoms with Gasteiger partial charge in [0, 0.05) is 32.4 Å². The number of carbonyl (C=O) groups excluding carboxylic acids is 1. The van der Waals surface area contributed by atoms with Gasteiger partial charge in [-0.1, -0.05) is 30.3 Å². The maximum atomic E-state index is 12.9. The van der Waals surface area contributed by atoms with Crippen LogP contribution in [0.5, 0.6) is 11.5 Å². The first-order valence-corrected chi connectivity index (χ1v) is 9.19. The summed E-state index contributed by atoms with van der Waals surface area (Å²) in [7, 11) is 1.83. The van der Waals surface area contributed by atoms with E-state index in [1.807, 2.05) is 37.4 Å². The number of nitrogens with zero attached hydrogens (tertiary/aromatic N) is 2. The molecule has 2 aliphatic rings. The molecule has 1 fully saturated rings. The zero-order valence-electron chi connectivity index (χ0n) is 15.1. The zero-order valence-corrected chi connectivity index (χ0v) is 15.1. The quantitative estimate of drug-likeness (QED) is 0.848. The summed E-state index contributed by atoms with van der Waals surface area (Å²) in [6, 6.07) is 15.8. The molecule has 0 bridgehead atoms. The number of hydrogen-bond donors (Lipinski definition) is 0. The summed E-state index contributed by atoms with van der Waals surface area (Å²) in [5.41, 5.74) is 2.40. The Morgan fingerprint density at radius 2 is 1.77 bits per heavy atom. The summed E-state index contributed by atoms with van der Waals surface area (Å²) < 4.78 is 11.5. The molecule has 1 saturated heterocycles. The van der Waals surface area contributed by atoms with E-state index in [1.165, 1.54) is 24.1 Å². The fourth-order valence-corrected chi connectivity index (χ4v) is 3.63. The molecule has 2 aromatic carbocycles. The predicted molar refractivity (Wildman–Crippen MR) is 101 cm³/mol. The Kier molecular flexibility index (Phi) is 4.69. The second-order valence-corrected chi connectivity index (χ2v) is 6.88. The SMILES string of the molecule is CN(Cc1ccccc1N1CCCC1)C(=O)C1COc2ccccc2O1. The van der Waals surface area contributed by atoms with Crippen molar-refractivity contribution in [3.8, 4) is 11.5 Å². The van der Waals surface area contributed by atoms with Crippen LogP contribution in [0.25, 0.3) is 0 Å². The summed E-state index contributed by atoms with van der Waals surface area (Å²) in [6.07, 6.45) is 1.86. The normalized spacial score (nSPS) is 18.7. The molecule has 26 heavy (non-hydrogen) atoms. The highest BCUT2D eigenvalue weighted by Crippen LogP contribution is 2.31. The van der Waals surface area contributed by atoms with E-state index in [2.05, 4.69) is 23.1 Å². The van der Waals surface area contributed by atoms with Crippen LogP contribution in [0.4, 0.5) is 5.69 Å². The molecule has 2 heterocycles. The van der Waals surface area contributed by atoms with Crippen LogP contribution >= 0.6 is 0 Å². The number of anilines is 1. The summed E-state index contributed by atoms with van der Waals surface area (Å²) in [5, 5.41) is 0. The molecule has 1 atom stereocenters. The van der Waals surface area contributed by atoms with Crippen molar-refractivity contribution in [3.63, 3.8) is 0 Å². The standard InChI is InChI=1S/C21H24N2O3/c1-22(14-16-8-2-3-9-17(16)23-12-6-7-13-23)21(24)20-15-25-18-10-4-5-11-19(18)26-20/h2-5,8-11,20H,6-7,12-15H2,1H3. The molecular formula is C21H24N2O3. The monoisotopic (exact) mass is 352 g/mol. The van der Waals surface area contributed by atoms with Crippen molar-refractivity contribution in [1.29, 1.82) is 0 Å². The summed E-state index contributed by atoms with van der Waals surface area (Å²) >= 11 is 0. The van der Waals surface area contributed by atoms with Gasteiger partial charge in [0.05, 0.1) is 0 Å². The van der Waals surface area contributed by atoms with Crippen molar-refractivity contribution in [2.24, 2.45) is 0 Å². The molecule has 136 valence electrons. The molecule has 1 amide bonds. The van der Waals surface area contributed by atoms with Crippen LogP contribution in [-0.4, -0.2) is 43.7 Å². The lowest BCUT2D eigenvalue weighted by molar-refractivity contribution is -0.140. The highest BCUT2D eigenvalue weighted by atomic mass is 16.6. The van der Waals surface area contributed by atoms with Gasteiger partial charge in [0.15, 0.2) is 11.5 Å². The van der Waals surface area contributed by atoms with E-state index in [9.17, 15) is 4.79 Å². The maximum absolute atomic E-state index is 12.9. The van der Waals surface area contributed by atoms with E-state index in [4.69, 9.17) is 9.47 Å². The van der Waals surface area contributed by atoms with Gasteiger partial charge in [-0.15, -0.1) is 0 Å². The maximum Gasteiger partial charge on any atom is 0.267 e. The minimum Gasteiger partial charge on any atom is -0.485 e. The van der Waals surface area contributed by atoms with Gasteiger partial charge in [-0.05, 0) is 36.6 Å². The van der Waals surface area contributed by atoms with Crippen LogP contribution in [0.15, 0.2) is 48.5 Å². The molecule has 0 aromatic heterocycles. The highest BCUT2D eigenvalue weighted by molar-refractivity contribution is 5.82. The second kappa shape index (κ2) is 7.28. The van der Waals surface area contributed by atoms with Gasteiger partial charge >= 0.3 is 0 Å². The topological polar surface area (TPSA) is 42.0 Å². The van der Waals surface area contributed by atoms with Crippen LogP contribution in [0.2, 0.25) is 0 Å². The number of rotatable bonds is 4. The molecular weight excluding hydrogens is 328 g/mol. The van der Waals surface area contributed by atoms with E-state index in [0.29, 0.717) is 18.0 Å². The third-order valence-corrected chi connectivity index (χ3v) is 5.01. The average molecular weight is 352 g/mol. The number of fused-ring (bicyclic) bond motifs is 1. The third-order valence-electron chi connectivity index (χ3n) is 5.01. The van der Waals surface area contributed by atoms with Gasteiger partial charge in [0.25, 0.3) is 5.91 Å². The molecule has 0 saturated carbocycles. The largest absolute Gasteiger partial charge is 0.485 e. The van der Waals surface area contributed by atoms with Gasteiger partial charge < -0.3 is 19.3 Å². The molecule has 2 aliphatic heterocycles. The van der Waals surface area contributed by atoms with E-state index < -0.39 is 6.10 Å². The Hall–Kier alpha value is -2.69. The molecule has 2 aromatic rings. The van der Waals surface area contributed by atoms with Crippen molar-refractivity contribution >= 4 is 11.6 Å². The zero-order chi connectivity index (χ0) is 17.9. The molecule has 0 spiro atoms. The Bertz CT molecular complexity index is 786. The second-order valence-electron chi connectivity index (χ2n) is 6.88. The van der Waals surface area contributed by atoms with Gasteiger partial charge in [0.2, 0.25) is 6.10 Å². The van der Waals surface area contributed by atoms with Crippen molar-refractivity contribution in [3.05, 3.63) is 54.1 Å². The first-order valence-electron chi connectivity index (χ1n) is 9.19. The lowest BCUT2D eigenvalue weighted by atomic mass is 10.1. The number of likely N-dealkylation sites (N-methyl/N-ethyl adjacent to an activating group) is 1. The molecule has 5 nitrogen and oxygen atoms in total. The fourth-order valence-electron chi connectivity index (χ4n) is 3.63. The van der Waals surface area contributed by atoms with E-state index in [0.717, 1.165) is 13.1 Å². The van der Waals surface area contributed by atoms with E-state index >= 15 is 0 Å². The minimum absolute atomic E-state index is 0.0595. The number of carbonyl (C=O) groups is 1. The molecule has 5 heteroatoms. The molecule has 0 aliphatic carbocycles. The van der Waals surface area contributed by atoms with Crippen LogP contribution < -0.4 is 14.4 Å². The number of para-hydroxylation sites is 3. The van der Waals surface area contributed by atoms with Crippen molar-refractivity contribution in [2.75, 3.05) is 31.6 Å². The molecule has 4 rings (SSSR count). The summed E-state index contributed by atoms with van der Waals surface area (Å²) in [5.74, 6) is 1.26. The first kappa shape index (κ1) is 16.8. The van der Waals surface area contributed by atoms with Gasteiger partial charge in [0.1, 0.15) is 6.61 Å². The van der Waals surface area contributed by atoms with Crippen molar-refractivity contribution < 1.29 is 14.3 Å². The lowest BCUT2D eigenvalue weighted by Gasteiger charge is -2.30. The average Bonchev–Trinajstić information content (AvgIpc) is 3.22. The van der Waals surface area contributed by atoms with E-state index in [1.54, 1.807) is 4.90 Å². The molecule has 0 N–H and O–H groups in total. The van der Waals surface area contributed by atoms with Gasteiger partial charge in [-0.2, -0.15) is 0 Å². The van der Waals surface area contributed by atoms with Crippen molar-refractivity contribution in [2.45, 2.75) is 25.5 Å². The third kappa shape index (κ3) is 3.34. The Morgan fingerprint density at radius 3 is 2.58 bits per heavy atom. The number of benzene rings is 2. The highest BCUT2D eigenvalue weighted by Gasteiger charge is 2.30. The smallest absolute Gasteiger partial charge is 0.267 e. The van der Waals surface area contributed by atoms with Gasteiger partial charge in [-0.25, -0.2) is 0 Å². The summed E-state index contributed by atoms with van der Waals surface area (Å²) in [4.78, 5) is 17.0. The predicted octanol–water partition coefficient (Wildman–Crippen LogP) is 3.09. The number of amides is 1. The fraction of sp³-hybridized carbons (Fsp3) is 0.381. The van der Waals surface area contributed by atoms with Gasteiger partial charge in [-0.3, -0.25) is 4.79 Å². The molecule has 1 unspecified atom stereocenters. The number of ether oxygens (including phenoxy) is 2. The summed E-state index contributed by atoms with van der Waals surface area (Å²) in [6.45, 7) is 2.98. The number of hydrogen-bond acceptors (Lipinski definition) is 4. The Labute approximate surface area is 154 Å². The van der Waals surface area contributed by atoms with E-state index in [-0.39, 0.29) is 12.5 Å². The van der Waals surface area contributed by atoms with Crippen LogP contribution in [0.1, 0.15) is 18.4 Å².